The molecule has 1 aliphatic heterocycles. The van der Waals surface area contributed by atoms with E-state index in [0.29, 0.717) is 11.4 Å². The average molecular weight is 132 g/mol. The summed E-state index contributed by atoms with van der Waals surface area (Å²) in [5.74, 6) is 0. The fourth-order valence-electron chi connectivity index (χ4n) is 0.983. The molecule has 1 fully saturated rings. The van der Waals surface area contributed by atoms with E-state index >= 15 is 0 Å². The fraction of sp³-hybridized carbons (Fsp3) is 1.00. The van der Waals surface area contributed by atoms with Crippen molar-refractivity contribution in [3.8, 4) is 0 Å². The Labute approximate surface area is 55.8 Å². The van der Waals surface area contributed by atoms with Gasteiger partial charge in [-0.1, -0.05) is 6.92 Å². The monoisotopic (exact) mass is 132 g/mol. The third-order valence-corrected chi connectivity index (χ3v) is 1.84. The van der Waals surface area contributed by atoms with Gasteiger partial charge >= 0.3 is 0 Å². The highest BCUT2D eigenvalue weighted by Gasteiger charge is 2.18. The summed E-state index contributed by atoms with van der Waals surface area (Å²) < 4.78 is 5.34. The summed E-state index contributed by atoms with van der Waals surface area (Å²) in [4.78, 5) is 0. The van der Waals surface area contributed by atoms with E-state index in [-0.39, 0.29) is 0 Å². The second kappa shape index (κ2) is 2.74. The molecule has 1 rings (SSSR count). The first-order valence-electron chi connectivity index (χ1n) is 3.10. The van der Waals surface area contributed by atoms with Crippen LogP contribution in [0.5, 0.6) is 0 Å². The van der Waals surface area contributed by atoms with Gasteiger partial charge < -0.3 is 4.74 Å². The van der Waals surface area contributed by atoms with Gasteiger partial charge in [-0.3, -0.25) is 0 Å². The van der Waals surface area contributed by atoms with E-state index in [1.165, 1.54) is 12.8 Å². The van der Waals surface area contributed by atoms with E-state index in [9.17, 15) is 0 Å². The van der Waals surface area contributed by atoms with Gasteiger partial charge in [-0.05, 0) is 12.8 Å². The van der Waals surface area contributed by atoms with Crippen molar-refractivity contribution in [2.75, 3.05) is 6.61 Å². The normalized spacial score (nSPS) is 33.0. The highest BCUT2D eigenvalue weighted by Crippen LogP contribution is 2.18. The third-order valence-electron chi connectivity index (χ3n) is 1.50. The molecule has 8 heavy (non-hydrogen) atoms. The number of thiol groups is 1. The summed E-state index contributed by atoms with van der Waals surface area (Å²) in [5, 5.41) is 0.414. The molecule has 0 spiro atoms. The van der Waals surface area contributed by atoms with E-state index in [4.69, 9.17) is 4.74 Å². The molecule has 0 saturated carbocycles. The summed E-state index contributed by atoms with van der Waals surface area (Å²) in [6, 6.07) is 0. The van der Waals surface area contributed by atoms with Crippen LogP contribution in [0.25, 0.3) is 0 Å². The van der Waals surface area contributed by atoms with Gasteiger partial charge in [0.05, 0.1) is 6.10 Å². The van der Waals surface area contributed by atoms with E-state index in [1.54, 1.807) is 0 Å². The minimum absolute atomic E-state index is 0.414. The molecule has 2 heteroatoms. The predicted octanol–water partition coefficient (Wildman–Crippen LogP) is 1.48. The summed E-state index contributed by atoms with van der Waals surface area (Å²) in [7, 11) is 0. The lowest BCUT2D eigenvalue weighted by atomic mass is 10.2. The predicted molar refractivity (Wildman–Crippen MR) is 37.4 cm³/mol. The van der Waals surface area contributed by atoms with Gasteiger partial charge in [-0.25, -0.2) is 0 Å². The second-order valence-corrected chi connectivity index (χ2v) is 3.11. The zero-order chi connectivity index (χ0) is 5.98. The van der Waals surface area contributed by atoms with Crippen LogP contribution in [-0.2, 0) is 4.74 Å². The standard InChI is InChI=1S/C6H12OS/c1-5(8)6-3-2-4-7-6/h5-6,8H,2-4H2,1H3. The number of rotatable bonds is 1. The Morgan fingerprint density at radius 3 is 2.75 bits per heavy atom. The Bertz CT molecular complexity index is 66.9. The molecule has 0 amide bonds. The van der Waals surface area contributed by atoms with Crippen LogP contribution >= 0.6 is 12.6 Å². The smallest absolute Gasteiger partial charge is 0.0689 e. The van der Waals surface area contributed by atoms with Gasteiger partial charge in [0, 0.05) is 11.9 Å². The quantitative estimate of drug-likeness (QED) is 0.532. The van der Waals surface area contributed by atoms with E-state index in [0.717, 1.165) is 6.61 Å². The maximum atomic E-state index is 5.34. The molecule has 0 N–H and O–H groups in total. The molecule has 0 bridgehead atoms. The maximum Gasteiger partial charge on any atom is 0.0689 e. The van der Waals surface area contributed by atoms with Crippen LogP contribution in [0.2, 0.25) is 0 Å². The summed E-state index contributed by atoms with van der Waals surface area (Å²) in [5.41, 5.74) is 0. The van der Waals surface area contributed by atoms with Gasteiger partial charge in [0.2, 0.25) is 0 Å². The second-order valence-electron chi connectivity index (χ2n) is 2.29. The zero-order valence-electron chi connectivity index (χ0n) is 5.13. The molecule has 0 radical (unpaired) electrons. The Morgan fingerprint density at radius 2 is 2.50 bits per heavy atom. The number of ether oxygens (including phenoxy) is 1. The Kier molecular flexibility index (Phi) is 2.20. The van der Waals surface area contributed by atoms with Gasteiger partial charge in [-0.2, -0.15) is 12.6 Å². The Morgan fingerprint density at radius 1 is 1.75 bits per heavy atom. The van der Waals surface area contributed by atoms with Gasteiger partial charge in [0.1, 0.15) is 0 Å². The molecular formula is C6H12OS. The van der Waals surface area contributed by atoms with Crippen LogP contribution in [0.15, 0.2) is 0 Å². The van der Waals surface area contributed by atoms with Crippen molar-refractivity contribution in [2.45, 2.75) is 31.1 Å². The molecule has 48 valence electrons. The lowest BCUT2D eigenvalue weighted by molar-refractivity contribution is 0.113. The highest BCUT2D eigenvalue weighted by atomic mass is 32.1. The van der Waals surface area contributed by atoms with Gasteiger partial charge in [0.15, 0.2) is 0 Å². The third kappa shape index (κ3) is 1.39. The van der Waals surface area contributed by atoms with Crippen molar-refractivity contribution < 1.29 is 4.74 Å². The molecule has 1 heterocycles. The van der Waals surface area contributed by atoms with Crippen molar-refractivity contribution in [1.29, 1.82) is 0 Å². The molecule has 0 aliphatic carbocycles. The first kappa shape index (κ1) is 6.43. The molecule has 2 unspecified atom stereocenters. The first-order valence-corrected chi connectivity index (χ1v) is 3.62. The molecule has 0 aromatic rings. The molecule has 1 saturated heterocycles. The summed E-state index contributed by atoms with van der Waals surface area (Å²) in [6.07, 6.45) is 2.85. The van der Waals surface area contributed by atoms with Gasteiger partial charge in [-0.15, -0.1) is 0 Å². The molecule has 0 aromatic carbocycles. The van der Waals surface area contributed by atoms with E-state index in [2.05, 4.69) is 19.6 Å². The summed E-state index contributed by atoms with van der Waals surface area (Å²) in [6.45, 7) is 3.02. The van der Waals surface area contributed by atoms with Crippen LogP contribution in [0.3, 0.4) is 0 Å². The van der Waals surface area contributed by atoms with Crippen molar-refractivity contribution in [3.63, 3.8) is 0 Å². The van der Waals surface area contributed by atoms with Crippen LogP contribution < -0.4 is 0 Å². The lowest BCUT2D eigenvalue weighted by Gasteiger charge is -2.10. The maximum absolute atomic E-state index is 5.34. The van der Waals surface area contributed by atoms with Crippen LogP contribution in [0, 0.1) is 0 Å². The topological polar surface area (TPSA) is 9.23 Å². The van der Waals surface area contributed by atoms with Crippen molar-refractivity contribution in [1.82, 2.24) is 0 Å². The Balaban J connectivity index is 2.24. The Hall–Kier alpha value is 0.310. The van der Waals surface area contributed by atoms with Crippen molar-refractivity contribution in [3.05, 3.63) is 0 Å². The highest BCUT2D eigenvalue weighted by molar-refractivity contribution is 7.81. The van der Waals surface area contributed by atoms with Crippen molar-refractivity contribution >= 4 is 12.6 Å². The lowest BCUT2D eigenvalue weighted by Crippen LogP contribution is -2.15. The molecule has 2 atom stereocenters. The first-order chi connectivity index (χ1) is 3.80. The van der Waals surface area contributed by atoms with Crippen LogP contribution in [0.1, 0.15) is 19.8 Å². The van der Waals surface area contributed by atoms with E-state index in [1.807, 2.05) is 0 Å². The number of hydrogen-bond donors (Lipinski definition) is 1. The minimum Gasteiger partial charge on any atom is -0.377 e. The SMILES string of the molecule is CC(S)C1CCCO1. The zero-order valence-corrected chi connectivity index (χ0v) is 6.03. The van der Waals surface area contributed by atoms with Crippen LogP contribution in [0.4, 0.5) is 0 Å². The molecule has 1 aliphatic rings. The molecular weight excluding hydrogens is 120 g/mol. The fourth-order valence-corrected chi connectivity index (χ4v) is 1.22. The summed E-state index contributed by atoms with van der Waals surface area (Å²) >= 11 is 4.27. The van der Waals surface area contributed by atoms with Crippen LogP contribution in [-0.4, -0.2) is 18.0 Å². The molecule has 1 nitrogen and oxygen atoms in total. The number of hydrogen-bond acceptors (Lipinski definition) is 2. The minimum atomic E-state index is 0.414. The molecule has 0 aromatic heterocycles. The largest absolute Gasteiger partial charge is 0.377 e. The average Bonchev–Trinajstić information content (AvgIpc) is 2.12. The van der Waals surface area contributed by atoms with Gasteiger partial charge in [0.25, 0.3) is 0 Å². The van der Waals surface area contributed by atoms with E-state index < -0.39 is 0 Å². The van der Waals surface area contributed by atoms with Crippen molar-refractivity contribution in [2.24, 2.45) is 0 Å².